The molecule has 3 N–H and O–H groups in total. The molecule has 1 spiro atoms. The number of nitrogens with one attached hydrogen (secondary N) is 2. The Kier molecular flexibility index (Phi) is 8.07. The van der Waals surface area contributed by atoms with Crippen LogP contribution in [0, 0.1) is 25.2 Å². The van der Waals surface area contributed by atoms with Gasteiger partial charge in [-0.2, -0.15) is 4.98 Å². The lowest BCUT2D eigenvalue weighted by Gasteiger charge is -2.39. The van der Waals surface area contributed by atoms with Crippen LogP contribution in [0.4, 0.5) is 5.95 Å². The van der Waals surface area contributed by atoms with E-state index in [0.717, 1.165) is 29.2 Å². The fourth-order valence-electron chi connectivity index (χ4n) is 5.83. The molecule has 0 amide bonds. The molecular formula is C31H38N4O5S. The number of aromatic carboxylic acids is 1. The number of ether oxygens (including phenoxy) is 1. The van der Waals surface area contributed by atoms with E-state index < -0.39 is 16.0 Å². The fraction of sp³-hybridized carbons (Fsp3) is 0.452. The molecule has 2 aromatic carbocycles. The van der Waals surface area contributed by atoms with Crippen molar-refractivity contribution in [3.05, 3.63) is 65.2 Å². The Labute approximate surface area is 241 Å². The summed E-state index contributed by atoms with van der Waals surface area (Å²) in [5.41, 5.74) is 3.83. The summed E-state index contributed by atoms with van der Waals surface area (Å²) in [7, 11) is -4.18. The van der Waals surface area contributed by atoms with Gasteiger partial charge in [0.2, 0.25) is 11.8 Å². The van der Waals surface area contributed by atoms with Crippen LogP contribution in [0.3, 0.4) is 0 Å². The molecule has 3 aromatic rings. The summed E-state index contributed by atoms with van der Waals surface area (Å²) >= 11 is 0. The summed E-state index contributed by atoms with van der Waals surface area (Å²) in [6, 6.07) is 13.4. The van der Waals surface area contributed by atoms with Gasteiger partial charge in [-0.1, -0.05) is 38.1 Å². The van der Waals surface area contributed by atoms with E-state index in [1.165, 1.54) is 43.9 Å². The zero-order valence-corrected chi connectivity index (χ0v) is 24.8. The number of nitrogens with zero attached hydrogens (tertiary/aromatic N) is 2. The smallest absolute Gasteiger partial charge is 0.335 e. The van der Waals surface area contributed by atoms with Gasteiger partial charge in [0.1, 0.15) is 6.61 Å². The monoisotopic (exact) mass is 578 g/mol. The first-order valence-electron chi connectivity index (χ1n) is 14.1. The van der Waals surface area contributed by atoms with Gasteiger partial charge in [0.15, 0.2) is 0 Å². The lowest BCUT2D eigenvalue weighted by molar-refractivity contribution is 0.0696. The summed E-state index contributed by atoms with van der Waals surface area (Å²) in [5.74, 6) is -0.628. The molecule has 0 aliphatic heterocycles. The number of carboxylic acids is 1. The van der Waals surface area contributed by atoms with E-state index in [2.05, 4.69) is 33.9 Å². The van der Waals surface area contributed by atoms with E-state index in [9.17, 15) is 18.3 Å². The standard InChI is InChI=1S/C31H38N4O5S/c1-19(2)13-23(32-24-16-31(17-24)11-12-31)18-40-27-15-26(28-20(3)7-5-8-21(28)4)33-30(34-27)35-41(38,39)25-10-6-9-22(14-25)29(36)37/h5-10,14-15,19,23-24,32H,11-13,16-18H2,1-4H3,(H,36,37)(H,33,34,35)/t23-/m0/s1. The number of carboxylic acid groups (broad SMARTS) is 1. The molecule has 0 radical (unpaired) electrons. The van der Waals surface area contributed by atoms with Crippen molar-refractivity contribution in [1.82, 2.24) is 15.3 Å². The van der Waals surface area contributed by atoms with Crippen LogP contribution in [-0.4, -0.2) is 48.2 Å². The van der Waals surface area contributed by atoms with Crippen LogP contribution in [-0.2, 0) is 10.0 Å². The lowest BCUT2D eigenvalue weighted by atomic mass is 9.76. The van der Waals surface area contributed by atoms with E-state index in [-0.39, 0.29) is 28.3 Å². The Balaban J connectivity index is 1.42. The molecule has 9 nitrogen and oxygen atoms in total. The Morgan fingerprint density at radius 3 is 2.39 bits per heavy atom. The van der Waals surface area contributed by atoms with Crippen molar-refractivity contribution in [2.45, 2.75) is 76.8 Å². The highest BCUT2D eigenvalue weighted by atomic mass is 32.2. The second-order valence-corrected chi connectivity index (χ2v) is 13.7. The van der Waals surface area contributed by atoms with Crippen molar-refractivity contribution in [2.75, 3.05) is 11.3 Å². The summed E-state index contributed by atoms with van der Waals surface area (Å²) in [4.78, 5) is 20.2. The third-order valence-corrected chi connectivity index (χ3v) is 9.36. The second kappa shape index (κ2) is 11.4. The van der Waals surface area contributed by atoms with Gasteiger partial charge in [-0.25, -0.2) is 22.9 Å². The van der Waals surface area contributed by atoms with Crippen molar-refractivity contribution in [2.24, 2.45) is 11.3 Å². The minimum Gasteiger partial charge on any atom is -0.478 e. The van der Waals surface area contributed by atoms with E-state index >= 15 is 0 Å². The molecule has 41 heavy (non-hydrogen) atoms. The van der Waals surface area contributed by atoms with Crippen LogP contribution in [0.1, 0.15) is 67.4 Å². The van der Waals surface area contributed by atoms with Crippen molar-refractivity contribution < 1.29 is 23.1 Å². The SMILES string of the molecule is Cc1cccc(C)c1-c1cc(OC[C@H](CC(C)C)NC2CC3(CC3)C2)nc(NS(=O)(=O)c2cccc(C(=O)O)c2)n1. The van der Waals surface area contributed by atoms with E-state index in [1.54, 1.807) is 6.07 Å². The third-order valence-electron chi connectivity index (χ3n) is 8.03. The van der Waals surface area contributed by atoms with Crippen molar-refractivity contribution in [3.63, 3.8) is 0 Å². The predicted octanol–water partition coefficient (Wildman–Crippen LogP) is 5.59. The predicted molar refractivity (Wildman–Crippen MR) is 158 cm³/mol. The van der Waals surface area contributed by atoms with Crippen LogP contribution in [0.25, 0.3) is 11.3 Å². The summed E-state index contributed by atoms with van der Waals surface area (Å²) in [6.45, 7) is 8.71. The Morgan fingerprint density at radius 2 is 1.76 bits per heavy atom. The molecule has 0 unspecified atom stereocenters. The molecule has 2 saturated carbocycles. The minimum atomic E-state index is -4.18. The molecular weight excluding hydrogens is 540 g/mol. The van der Waals surface area contributed by atoms with Crippen LogP contribution >= 0.6 is 0 Å². The van der Waals surface area contributed by atoms with Crippen LogP contribution in [0.2, 0.25) is 0 Å². The first-order valence-corrected chi connectivity index (χ1v) is 15.6. The van der Waals surface area contributed by atoms with Crippen LogP contribution in [0.15, 0.2) is 53.4 Å². The summed E-state index contributed by atoms with van der Waals surface area (Å²) in [6.07, 6.45) is 6.08. The maximum absolute atomic E-state index is 13.2. The zero-order valence-electron chi connectivity index (χ0n) is 24.0. The van der Waals surface area contributed by atoms with Gasteiger partial charge in [0.25, 0.3) is 10.0 Å². The average Bonchev–Trinajstić information content (AvgIpc) is 3.67. The normalized spacial score (nSPS) is 16.8. The van der Waals surface area contributed by atoms with Crippen LogP contribution in [0.5, 0.6) is 5.88 Å². The fourth-order valence-corrected chi connectivity index (χ4v) is 6.82. The quantitative estimate of drug-likeness (QED) is 0.254. The van der Waals surface area contributed by atoms with Gasteiger partial charge in [-0.05, 0) is 86.6 Å². The molecule has 1 atom stereocenters. The minimum absolute atomic E-state index is 0.133. The lowest BCUT2D eigenvalue weighted by Crippen LogP contribution is -2.49. The summed E-state index contributed by atoms with van der Waals surface area (Å²) < 4.78 is 35.2. The number of anilines is 1. The highest BCUT2D eigenvalue weighted by molar-refractivity contribution is 7.92. The molecule has 1 aromatic heterocycles. The molecule has 2 fully saturated rings. The van der Waals surface area contributed by atoms with E-state index in [0.29, 0.717) is 29.7 Å². The number of aryl methyl sites for hydroxylation is 2. The van der Waals surface area contributed by atoms with Crippen molar-refractivity contribution in [3.8, 4) is 17.1 Å². The maximum Gasteiger partial charge on any atom is 0.335 e. The first kappa shape index (κ1) is 29.0. The number of aromatic nitrogens is 2. The van der Waals surface area contributed by atoms with E-state index in [1.807, 2.05) is 32.0 Å². The zero-order chi connectivity index (χ0) is 29.4. The molecule has 2 aliphatic carbocycles. The molecule has 218 valence electrons. The highest BCUT2D eigenvalue weighted by Crippen LogP contribution is 2.60. The Bertz CT molecular complexity index is 1520. The van der Waals surface area contributed by atoms with E-state index in [4.69, 9.17) is 4.74 Å². The van der Waals surface area contributed by atoms with Gasteiger partial charge in [-0.3, -0.25) is 0 Å². The highest BCUT2D eigenvalue weighted by Gasteiger charge is 2.53. The topological polar surface area (TPSA) is 131 Å². The first-order chi connectivity index (χ1) is 19.4. The summed E-state index contributed by atoms with van der Waals surface area (Å²) in [5, 5.41) is 13.1. The number of rotatable bonds is 12. The Morgan fingerprint density at radius 1 is 1.07 bits per heavy atom. The van der Waals surface area contributed by atoms with Crippen molar-refractivity contribution >= 4 is 21.9 Å². The largest absolute Gasteiger partial charge is 0.478 e. The Hall–Kier alpha value is -3.50. The molecule has 5 rings (SSSR count). The third kappa shape index (κ3) is 6.87. The van der Waals surface area contributed by atoms with Crippen molar-refractivity contribution in [1.29, 1.82) is 0 Å². The average molecular weight is 579 g/mol. The van der Waals surface area contributed by atoms with Gasteiger partial charge >= 0.3 is 5.97 Å². The number of hydrogen-bond acceptors (Lipinski definition) is 7. The number of sulfonamides is 1. The molecule has 10 heteroatoms. The van der Waals surface area contributed by atoms with Gasteiger partial charge < -0.3 is 15.2 Å². The number of benzene rings is 2. The number of carbonyl (C=O) groups is 1. The van der Waals surface area contributed by atoms with Gasteiger partial charge in [0.05, 0.1) is 16.2 Å². The molecule has 1 heterocycles. The van der Waals surface area contributed by atoms with Gasteiger partial charge in [-0.15, -0.1) is 0 Å². The van der Waals surface area contributed by atoms with Gasteiger partial charge in [0, 0.05) is 23.7 Å². The van der Waals surface area contributed by atoms with Crippen LogP contribution < -0.4 is 14.8 Å². The number of hydrogen-bond donors (Lipinski definition) is 3. The maximum atomic E-state index is 13.2. The molecule has 2 aliphatic rings. The second-order valence-electron chi connectivity index (χ2n) is 12.0. The molecule has 0 bridgehead atoms. The molecule has 0 saturated heterocycles.